The molecule has 186 valence electrons. The van der Waals surface area contributed by atoms with Crippen LogP contribution < -0.4 is 15.6 Å². The number of halogens is 1. The minimum absolute atomic E-state index is 0.00172. The van der Waals surface area contributed by atoms with E-state index >= 15 is 0 Å². The zero-order valence-corrected chi connectivity index (χ0v) is 20.7. The van der Waals surface area contributed by atoms with Gasteiger partial charge in [0, 0.05) is 17.0 Å². The van der Waals surface area contributed by atoms with Crippen molar-refractivity contribution in [1.82, 2.24) is 20.0 Å². The minimum Gasteiger partial charge on any atom is -0.335 e. The second-order valence-corrected chi connectivity index (χ2v) is 10.4. The summed E-state index contributed by atoms with van der Waals surface area (Å²) < 4.78 is 26.4. The van der Waals surface area contributed by atoms with Gasteiger partial charge in [-0.2, -0.15) is 0 Å². The molecule has 0 radical (unpaired) electrons. The van der Waals surface area contributed by atoms with Crippen molar-refractivity contribution >= 4 is 44.8 Å². The van der Waals surface area contributed by atoms with Crippen LogP contribution in [0, 0.1) is 0 Å². The van der Waals surface area contributed by atoms with Crippen molar-refractivity contribution in [3.8, 4) is 0 Å². The molecule has 3 aromatic rings. The first-order chi connectivity index (χ1) is 16.7. The average Bonchev–Trinajstić information content (AvgIpc) is 2.85. The van der Waals surface area contributed by atoms with Crippen molar-refractivity contribution < 1.29 is 18.0 Å². The monoisotopic (exact) mass is 518 g/mol. The van der Waals surface area contributed by atoms with E-state index in [-0.39, 0.29) is 22.4 Å². The lowest BCUT2D eigenvalue weighted by Gasteiger charge is -2.22. The van der Waals surface area contributed by atoms with Gasteiger partial charge < -0.3 is 15.1 Å². The van der Waals surface area contributed by atoms with Gasteiger partial charge in [0.2, 0.25) is 0 Å². The maximum absolute atomic E-state index is 12.2. The molecule has 0 aliphatic heterocycles. The van der Waals surface area contributed by atoms with Crippen LogP contribution in [0.4, 0.5) is 4.79 Å². The van der Waals surface area contributed by atoms with Crippen LogP contribution in [0.15, 0.2) is 58.5 Å². The molecular weight excluding hydrogens is 492 g/mol. The van der Waals surface area contributed by atoms with Crippen molar-refractivity contribution in [3.05, 3.63) is 69.7 Å². The van der Waals surface area contributed by atoms with Crippen LogP contribution in [-0.4, -0.2) is 36.7 Å². The third kappa shape index (κ3) is 7.37. The fraction of sp³-hybridized carbons (Fsp3) is 0.333. The van der Waals surface area contributed by atoms with Gasteiger partial charge >= 0.3 is 6.03 Å². The number of urea groups is 1. The molecule has 1 fully saturated rings. The molecule has 3 N–H and O–H groups in total. The summed E-state index contributed by atoms with van der Waals surface area (Å²) in [7, 11) is -3.91. The summed E-state index contributed by atoms with van der Waals surface area (Å²) in [4.78, 5) is 40.2. The fourth-order valence-electron chi connectivity index (χ4n) is 3.71. The normalized spacial score (nSPS) is 14.9. The SMILES string of the molecule is CC(C=O)c1ccc(S(=O)(=O)NC(=O)NC2CCCCC2)cc1.O=c1[nH]cnc2ccc(Cl)cc12. The van der Waals surface area contributed by atoms with Gasteiger partial charge in [-0.05, 0) is 48.7 Å². The minimum atomic E-state index is -3.91. The lowest BCUT2D eigenvalue weighted by Crippen LogP contribution is -2.45. The Morgan fingerprint density at radius 2 is 1.83 bits per heavy atom. The molecule has 1 atom stereocenters. The highest BCUT2D eigenvalue weighted by molar-refractivity contribution is 7.90. The second kappa shape index (κ2) is 11.9. The number of carbonyl (C=O) groups excluding carboxylic acids is 2. The number of carbonyl (C=O) groups is 2. The number of benzene rings is 2. The molecule has 1 aromatic heterocycles. The smallest absolute Gasteiger partial charge is 0.328 e. The predicted octanol–water partition coefficient (Wildman–Crippen LogP) is 3.89. The van der Waals surface area contributed by atoms with Crippen LogP contribution in [0.3, 0.4) is 0 Å². The molecule has 2 amide bonds. The van der Waals surface area contributed by atoms with Crippen molar-refractivity contribution in [2.45, 2.75) is 55.9 Å². The van der Waals surface area contributed by atoms with Gasteiger partial charge in [-0.15, -0.1) is 0 Å². The number of fused-ring (bicyclic) bond motifs is 1. The largest absolute Gasteiger partial charge is 0.335 e. The standard InChI is InChI=1S/C16H22N2O4S.C8H5ClN2O/c1-12(11-19)13-7-9-15(10-8-13)23(21,22)18-16(20)17-14-5-3-2-4-6-14;9-5-1-2-7-6(3-5)8(12)11-4-10-7/h7-12,14H,2-6H2,1H3,(H2,17,18,20);1-4H,(H,10,11,12). The number of aromatic amines is 1. The van der Waals surface area contributed by atoms with Gasteiger partial charge in [-0.25, -0.2) is 22.9 Å². The lowest BCUT2D eigenvalue weighted by atomic mass is 9.96. The Kier molecular flexibility index (Phi) is 9.00. The molecule has 4 rings (SSSR count). The Labute approximate surface area is 208 Å². The van der Waals surface area contributed by atoms with Crippen LogP contribution in [-0.2, 0) is 14.8 Å². The van der Waals surface area contributed by atoms with Gasteiger partial charge in [0.25, 0.3) is 15.6 Å². The summed E-state index contributed by atoms with van der Waals surface area (Å²) in [6.45, 7) is 1.73. The van der Waals surface area contributed by atoms with Crippen molar-refractivity contribution in [2.24, 2.45) is 0 Å². The molecule has 1 unspecified atom stereocenters. The number of aromatic nitrogens is 2. The van der Waals surface area contributed by atoms with Gasteiger partial charge in [-0.3, -0.25) is 4.79 Å². The van der Waals surface area contributed by atoms with Gasteiger partial charge in [-0.1, -0.05) is 49.9 Å². The first kappa shape index (κ1) is 26.4. The van der Waals surface area contributed by atoms with E-state index in [1.807, 2.05) is 4.72 Å². The summed E-state index contributed by atoms with van der Waals surface area (Å²) in [5, 5.41) is 3.77. The number of nitrogens with zero attached hydrogens (tertiary/aromatic N) is 1. The fourth-order valence-corrected chi connectivity index (χ4v) is 4.80. The molecule has 1 heterocycles. The number of amides is 2. The highest BCUT2D eigenvalue weighted by Crippen LogP contribution is 2.18. The highest BCUT2D eigenvalue weighted by Gasteiger charge is 2.21. The molecule has 35 heavy (non-hydrogen) atoms. The molecular formula is C24H27ClN4O5S. The van der Waals surface area contributed by atoms with E-state index in [4.69, 9.17) is 11.6 Å². The summed E-state index contributed by atoms with van der Waals surface area (Å²) >= 11 is 5.71. The van der Waals surface area contributed by atoms with E-state index in [9.17, 15) is 22.8 Å². The third-order valence-corrected chi connectivity index (χ3v) is 7.27. The van der Waals surface area contributed by atoms with Crippen LogP contribution in [0.25, 0.3) is 10.9 Å². The maximum Gasteiger partial charge on any atom is 0.328 e. The molecule has 1 aliphatic carbocycles. The van der Waals surface area contributed by atoms with Gasteiger partial charge in [0.15, 0.2) is 0 Å². The lowest BCUT2D eigenvalue weighted by molar-refractivity contribution is -0.108. The molecule has 1 aliphatic rings. The van der Waals surface area contributed by atoms with Crippen LogP contribution >= 0.6 is 11.6 Å². The van der Waals surface area contributed by atoms with Crippen LogP contribution in [0.5, 0.6) is 0 Å². The number of hydrogen-bond acceptors (Lipinski definition) is 6. The Bertz CT molecular complexity index is 1340. The number of aldehydes is 1. The number of rotatable bonds is 5. The highest BCUT2D eigenvalue weighted by atomic mass is 35.5. The molecule has 1 saturated carbocycles. The zero-order chi connectivity index (χ0) is 25.4. The molecule has 11 heteroatoms. The summed E-state index contributed by atoms with van der Waals surface area (Å²) in [5.41, 5.74) is 1.22. The van der Waals surface area contributed by atoms with E-state index in [2.05, 4.69) is 15.3 Å². The average molecular weight is 519 g/mol. The number of nitrogens with one attached hydrogen (secondary N) is 3. The molecule has 0 saturated heterocycles. The predicted molar refractivity (Wildman–Crippen MR) is 134 cm³/mol. The number of sulfonamides is 1. The van der Waals surface area contributed by atoms with E-state index in [1.54, 1.807) is 37.3 Å². The molecule has 0 bridgehead atoms. The van der Waals surface area contributed by atoms with Crippen molar-refractivity contribution in [3.63, 3.8) is 0 Å². The molecule has 9 nitrogen and oxygen atoms in total. The molecule has 2 aromatic carbocycles. The topological polar surface area (TPSA) is 138 Å². The van der Waals surface area contributed by atoms with E-state index in [1.165, 1.54) is 18.5 Å². The van der Waals surface area contributed by atoms with Crippen molar-refractivity contribution in [2.75, 3.05) is 0 Å². The van der Waals surface area contributed by atoms with Gasteiger partial charge in [0.05, 0.1) is 22.1 Å². The van der Waals surface area contributed by atoms with Crippen LogP contribution in [0.1, 0.15) is 50.5 Å². The molecule has 0 spiro atoms. The quantitative estimate of drug-likeness (QED) is 0.438. The Balaban J connectivity index is 0.000000237. The van der Waals surface area contributed by atoms with Crippen molar-refractivity contribution in [1.29, 1.82) is 0 Å². The van der Waals surface area contributed by atoms with Gasteiger partial charge in [0.1, 0.15) is 6.29 Å². The second-order valence-electron chi connectivity index (χ2n) is 8.30. The number of H-pyrrole nitrogens is 1. The van der Waals surface area contributed by atoms with E-state index < -0.39 is 16.1 Å². The van der Waals surface area contributed by atoms with Crippen LogP contribution in [0.2, 0.25) is 5.02 Å². The third-order valence-electron chi connectivity index (χ3n) is 5.69. The first-order valence-electron chi connectivity index (χ1n) is 11.2. The first-order valence-corrected chi connectivity index (χ1v) is 13.1. The zero-order valence-electron chi connectivity index (χ0n) is 19.2. The summed E-state index contributed by atoms with van der Waals surface area (Å²) in [5.74, 6) is -0.297. The Hall–Kier alpha value is -3.24. The number of hydrogen-bond donors (Lipinski definition) is 3. The Morgan fingerprint density at radius 3 is 2.49 bits per heavy atom. The van der Waals surface area contributed by atoms with E-state index in [0.717, 1.165) is 44.0 Å². The van der Waals surface area contributed by atoms with E-state index in [0.29, 0.717) is 15.9 Å². The summed E-state index contributed by atoms with van der Waals surface area (Å²) in [6.07, 6.45) is 7.18. The Morgan fingerprint density at radius 1 is 1.14 bits per heavy atom. The summed E-state index contributed by atoms with van der Waals surface area (Å²) in [6, 6.07) is 10.3. The maximum atomic E-state index is 12.2.